The van der Waals surface area contributed by atoms with Crippen LogP contribution in [0.5, 0.6) is 0 Å². The van der Waals surface area contributed by atoms with E-state index in [-0.39, 0.29) is 35.7 Å². The highest BCUT2D eigenvalue weighted by molar-refractivity contribution is 6.76. The van der Waals surface area contributed by atoms with Gasteiger partial charge in [0.25, 0.3) is 0 Å². The molecule has 2 fully saturated rings. The van der Waals surface area contributed by atoms with E-state index < -0.39 is 25.6 Å². The van der Waals surface area contributed by atoms with Crippen LogP contribution in [0.2, 0.25) is 25.7 Å². The van der Waals surface area contributed by atoms with Gasteiger partial charge in [-0.15, -0.1) is 0 Å². The molecule has 9 nitrogen and oxygen atoms in total. The van der Waals surface area contributed by atoms with Crippen molar-refractivity contribution in [2.24, 2.45) is 0 Å². The van der Waals surface area contributed by atoms with E-state index in [1.54, 1.807) is 10.9 Å². The lowest BCUT2D eigenvalue weighted by Gasteiger charge is -2.36. The van der Waals surface area contributed by atoms with Gasteiger partial charge in [-0.1, -0.05) is 19.6 Å². The van der Waals surface area contributed by atoms with Crippen LogP contribution in [0.15, 0.2) is 36.9 Å². The summed E-state index contributed by atoms with van der Waals surface area (Å²) >= 11 is 0. The summed E-state index contributed by atoms with van der Waals surface area (Å²) in [7, 11) is -1.31. The molecule has 0 unspecified atom stereocenters. The molecule has 0 radical (unpaired) electrons. The third-order valence-electron chi connectivity index (χ3n) is 7.69. The van der Waals surface area contributed by atoms with Crippen LogP contribution in [0.1, 0.15) is 43.0 Å². The first-order valence-electron chi connectivity index (χ1n) is 14.5. The van der Waals surface area contributed by atoms with Crippen molar-refractivity contribution < 1.29 is 27.0 Å². The molecule has 2 aliphatic rings. The Morgan fingerprint density at radius 1 is 1.12 bits per heavy atom. The van der Waals surface area contributed by atoms with Gasteiger partial charge in [0, 0.05) is 38.5 Å². The first kappa shape index (κ1) is 29.7. The minimum absolute atomic E-state index is 0.0879. The molecule has 3 aromatic heterocycles. The average molecular weight is 618 g/mol. The van der Waals surface area contributed by atoms with Gasteiger partial charge in [0.15, 0.2) is 5.65 Å². The van der Waals surface area contributed by atoms with E-state index in [0.29, 0.717) is 43.4 Å². The number of fused-ring (bicyclic) bond motifs is 1. The van der Waals surface area contributed by atoms with E-state index in [1.165, 1.54) is 0 Å². The summed E-state index contributed by atoms with van der Waals surface area (Å²) in [5.74, 6) is -0.734. The van der Waals surface area contributed by atoms with E-state index in [0.717, 1.165) is 36.6 Å². The van der Waals surface area contributed by atoms with Crippen molar-refractivity contribution in [3.8, 4) is 11.3 Å². The summed E-state index contributed by atoms with van der Waals surface area (Å²) in [4.78, 5) is 15.9. The Bertz CT molecular complexity index is 1610. The molecule has 0 spiro atoms. The standard InChI is InChI=1S/C29H35F4N7O2Si/c1-18-13-38(15-24(42-18)19-12-35-40(14-19)21-6-7-21)28-36-25(22-8-5-20(11-23(22)30)29(31,32)33)26-27(37-28)39(16-34-26)17-41-9-10-43(2,3)4/h5,8,11-12,14,16,18,21,24H,6-7,9-10,13,15,17H2,1-4H3/t18-,24-/m1/s1. The number of ether oxygens (including phenoxy) is 2. The third-order valence-corrected chi connectivity index (χ3v) is 9.39. The van der Waals surface area contributed by atoms with Crippen molar-refractivity contribution in [2.75, 3.05) is 24.6 Å². The Kier molecular flexibility index (Phi) is 7.79. The zero-order valence-electron chi connectivity index (χ0n) is 24.6. The van der Waals surface area contributed by atoms with Crippen LogP contribution in [0, 0.1) is 5.82 Å². The fourth-order valence-corrected chi connectivity index (χ4v) is 5.89. The van der Waals surface area contributed by atoms with Gasteiger partial charge in [-0.3, -0.25) is 9.25 Å². The predicted octanol–water partition coefficient (Wildman–Crippen LogP) is 6.46. The zero-order chi connectivity index (χ0) is 30.5. The summed E-state index contributed by atoms with van der Waals surface area (Å²) in [5.41, 5.74) is 0.584. The van der Waals surface area contributed by atoms with Crippen molar-refractivity contribution >= 4 is 25.2 Å². The Morgan fingerprint density at radius 2 is 1.91 bits per heavy atom. The second-order valence-electron chi connectivity index (χ2n) is 12.6. The predicted molar refractivity (Wildman–Crippen MR) is 156 cm³/mol. The Balaban J connectivity index is 1.37. The number of benzene rings is 1. The van der Waals surface area contributed by atoms with Crippen molar-refractivity contribution in [1.82, 2.24) is 29.3 Å². The highest BCUT2D eigenvalue weighted by Gasteiger charge is 2.34. The Labute approximate surface area is 247 Å². The van der Waals surface area contributed by atoms with E-state index in [4.69, 9.17) is 19.4 Å². The topological polar surface area (TPSA) is 83.1 Å². The number of anilines is 1. The van der Waals surface area contributed by atoms with Crippen LogP contribution in [0.4, 0.5) is 23.5 Å². The molecule has 6 rings (SSSR count). The maximum absolute atomic E-state index is 15.3. The number of morpholine rings is 1. The summed E-state index contributed by atoms with van der Waals surface area (Å²) in [6.07, 6.45) is 2.45. The van der Waals surface area contributed by atoms with Gasteiger partial charge in [0.05, 0.1) is 36.8 Å². The van der Waals surface area contributed by atoms with E-state index in [2.05, 4.69) is 29.7 Å². The van der Waals surface area contributed by atoms with Gasteiger partial charge in [-0.2, -0.15) is 23.3 Å². The molecule has 1 saturated heterocycles. The Morgan fingerprint density at radius 3 is 2.60 bits per heavy atom. The minimum Gasteiger partial charge on any atom is -0.367 e. The number of imidazole rings is 1. The average Bonchev–Trinajstić information content (AvgIpc) is 3.51. The fourth-order valence-electron chi connectivity index (χ4n) is 5.14. The third kappa shape index (κ3) is 6.60. The molecule has 0 N–H and O–H groups in total. The van der Waals surface area contributed by atoms with Crippen LogP contribution in [0.3, 0.4) is 0 Å². The van der Waals surface area contributed by atoms with Crippen LogP contribution in [-0.2, 0) is 22.4 Å². The molecule has 1 aliphatic heterocycles. The van der Waals surface area contributed by atoms with Crippen LogP contribution in [0.25, 0.3) is 22.4 Å². The maximum Gasteiger partial charge on any atom is 0.416 e. The van der Waals surface area contributed by atoms with Gasteiger partial charge >= 0.3 is 6.18 Å². The molecular weight excluding hydrogens is 582 g/mol. The molecular formula is C29H35F4N7O2Si. The summed E-state index contributed by atoms with van der Waals surface area (Å²) < 4.78 is 71.1. The number of halogens is 4. The van der Waals surface area contributed by atoms with E-state index >= 15 is 4.39 Å². The second-order valence-corrected chi connectivity index (χ2v) is 18.2. The SMILES string of the molecule is C[C@@H]1CN(c2nc(-c3ccc(C(F)(F)F)cc3F)c3ncn(COCC[Si](C)(C)C)c3n2)C[C@H](c2cnn(C3CC3)c2)O1. The smallest absolute Gasteiger partial charge is 0.367 e. The number of aromatic nitrogens is 6. The molecule has 4 aromatic rings. The normalized spacial score (nSPS) is 19.9. The lowest BCUT2D eigenvalue weighted by molar-refractivity contribution is -0.137. The van der Waals surface area contributed by atoms with Crippen LogP contribution in [-0.4, -0.2) is 63.2 Å². The molecule has 0 bridgehead atoms. The van der Waals surface area contributed by atoms with Crippen molar-refractivity contribution in [1.29, 1.82) is 0 Å². The second kappa shape index (κ2) is 11.3. The fraction of sp³-hybridized carbons (Fsp3) is 0.517. The lowest BCUT2D eigenvalue weighted by atomic mass is 10.1. The van der Waals surface area contributed by atoms with Crippen molar-refractivity contribution in [3.63, 3.8) is 0 Å². The molecule has 1 aliphatic carbocycles. The molecule has 1 aromatic carbocycles. The highest BCUT2D eigenvalue weighted by Crippen LogP contribution is 2.37. The van der Waals surface area contributed by atoms with Crippen molar-refractivity contribution in [2.45, 2.75) is 76.6 Å². The van der Waals surface area contributed by atoms with E-state index in [9.17, 15) is 13.2 Å². The Hall–Kier alpha value is -3.36. The molecule has 0 amide bonds. The number of rotatable bonds is 9. The van der Waals surface area contributed by atoms with Crippen molar-refractivity contribution in [3.05, 3.63) is 53.9 Å². The summed E-state index contributed by atoms with van der Waals surface area (Å²) in [6, 6.07) is 3.86. The number of alkyl halides is 3. The molecule has 4 heterocycles. The van der Waals surface area contributed by atoms with Crippen LogP contribution < -0.4 is 4.90 Å². The minimum atomic E-state index is -4.67. The van der Waals surface area contributed by atoms with Gasteiger partial charge in [-0.05, 0) is 44.0 Å². The molecule has 14 heteroatoms. The molecule has 1 saturated carbocycles. The number of hydrogen-bond donors (Lipinski definition) is 0. The summed E-state index contributed by atoms with van der Waals surface area (Å²) in [5, 5.41) is 4.50. The first-order chi connectivity index (χ1) is 20.4. The largest absolute Gasteiger partial charge is 0.416 e. The number of nitrogens with zero attached hydrogens (tertiary/aromatic N) is 7. The molecule has 2 atom stereocenters. The molecule has 230 valence electrons. The van der Waals surface area contributed by atoms with Gasteiger partial charge in [-0.25, -0.2) is 14.4 Å². The van der Waals surface area contributed by atoms with Gasteiger partial charge in [0.1, 0.15) is 29.9 Å². The monoisotopic (exact) mass is 617 g/mol. The first-order valence-corrected chi connectivity index (χ1v) is 18.2. The summed E-state index contributed by atoms with van der Waals surface area (Å²) in [6.45, 7) is 10.4. The van der Waals surface area contributed by atoms with Crippen LogP contribution >= 0.6 is 0 Å². The van der Waals surface area contributed by atoms with E-state index in [1.807, 2.05) is 28.9 Å². The quantitative estimate of drug-likeness (QED) is 0.121. The number of hydrogen-bond acceptors (Lipinski definition) is 7. The zero-order valence-corrected chi connectivity index (χ0v) is 25.6. The highest BCUT2D eigenvalue weighted by atomic mass is 28.3. The molecule has 43 heavy (non-hydrogen) atoms. The van der Waals surface area contributed by atoms with Gasteiger partial charge in [0.2, 0.25) is 5.95 Å². The van der Waals surface area contributed by atoms with Gasteiger partial charge < -0.3 is 14.4 Å². The maximum atomic E-state index is 15.3. The lowest BCUT2D eigenvalue weighted by Crippen LogP contribution is -2.43.